The summed E-state index contributed by atoms with van der Waals surface area (Å²) in [5.74, 6) is 0.770. The Balaban J connectivity index is 1.52. The number of thiocarbonyl (C=S) groups is 1. The first-order valence-corrected chi connectivity index (χ1v) is 10.0. The third-order valence-electron chi connectivity index (χ3n) is 4.98. The molecule has 0 saturated carbocycles. The predicted molar refractivity (Wildman–Crippen MR) is 115 cm³/mol. The highest BCUT2D eigenvalue weighted by atomic mass is 32.1. The molecular weight excluding hydrogens is 403 g/mol. The Morgan fingerprint density at radius 1 is 1.23 bits per heavy atom. The maximum absolute atomic E-state index is 13.8. The van der Waals surface area contributed by atoms with Gasteiger partial charge < -0.3 is 20.0 Å². The molecule has 1 fully saturated rings. The first kappa shape index (κ1) is 20.0. The molecule has 154 valence electrons. The minimum absolute atomic E-state index is 0.140. The molecule has 2 N–H and O–H groups in total. The summed E-state index contributed by atoms with van der Waals surface area (Å²) in [5.41, 5.74) is 0.992. The lowest BCUT2D eigenvalue weighted by atomic mass is 10.0. The number of aromatic nitrogens is 1. The van der Waals surface area contributed by atoms with Crippen LogP contribution in [0.25, 0.3) is 0 Å². The van der Waals surface area contributed by atoms with E-state index in [1.807, 2.05) is 42.2 Å². The van der Waals surface area contributed by atoms with Crippen LogP contribution >= 0.6 is 12.2 Å². The van der Waals surface area contributed by atoms with E-state index < -0.39 is 5.82 Å². The molecule has 4 rings (SSSR count). The minimum Gasteiger partial charge on any atom is -0.464 e. The van der Waals surface area contributed by atoms with Gasteiger partial charge in [-0.15, -0.1) is 0 Å². The van der Waals surface area contributed by atoms with Gasteiger partial charge in [0.1, 0.15) is 23.4 Å². The lowest BCUT2D eigenvalue weighted by Gasteiger charge is -2.25. The zero-order valence-electron chi connectivity index (χ0n) is 16.3. The van der Waals surface area contributed by atoms with E-state index >= 15 is 0 Å². The number of hydrogen-bond donors (Lipinski definition) is 2. The molecule has 0 aliphatic carbocycles. The number of nitrogens with one attached hydrogen (secondary N) is 2. The first-order chi connectivity index (χ1) is 14.5. The van der Waals surface area contributed by atoms with E-state index in [0.717, 1.165) is 17.2 Å². The number of amides is 1. The molecule has 2 atom stereocenters. The van der Waals surface area contributed by atoms with E-state index in [2.05, 4.69) is 15.6 Å². The van der Waals surface area contributed by atoms with Crippen molar-refractivity contribution in [1.82, 2.24) is 15.2 Å². The number of pyridine rings is 1. The summed E-state index contributed by atoms with van der Waals surface area (Å²) in [5, 5.41) is 6.43. The van der Waals surface area contributed by atoms with Gasteiger partial charge in [0.05, 0.1) is 17.4 Å². The standard InChI is InChI=1S/C22H21FN4O2S/c1-14-9-10-18(29-14)21-20(17-8-4-5-12-24-17)26-22(30)27(21)13-11-19(28)25-16-7-3-2-6-15(16)23/h2-10,12,20-21H,11,13H2,1H3,(H,25,28)(H,26,30)/t20-,21+/m0/s1. The van der Waals surface area contributed by atoms with Gasteiger partial charge >= 0.3 is 0 Å². The molecule has 3 aromatic rings. The number of rotatable bonds is 6. The number of aryl methyl sites for hydroxylation is 1. The van der Waals surface area contributed by atoms with Crippen molar-refractivity contribution in [2.24, 2.45) is 0 Å². The van der Waals surface area contributed by atoms with E-state index in [0.29, 0.717) is 11.7 Å². The van der Waals surface area contributed by atoms with Crippen molar-refractivity contribution in [3.8, 4) is 0 Å². The van der Waals surface area contributed by atoms with Crippen LogP contribution in [0, 0.1) is 12.7 Å². The van der Waals surface area contributed by atoms with Crippen LogP contribution in [0.5, 0.6) is 0 Å². The van der Waals surface area contributed by atoms with Crippen molar-refractivity contribution in [2.45, 2.75) is 25.4 Å². The SMILES string of the molecule is Cc1ccc([C@@H]2[C@H](c3ccccn3)NC(=S)N2CCC(=O)Nc2ccccc2F)o1. The largest absolute Gasteiger partial charge is 0.464 e. The molecule has 1 aliphatic rings. The number of benzene rings is 1. The van der Waals surface area contributed by atoms with E-state index in [1.165, 1.54) is 12.1 Å². The maximum Gasteiger partial charge on any atom is 0.226 e. The molecule has 0 bridgehead atoms. The summed E-state index contributed by atoms with van der Waals surface area (Å²) in [6, 6.07) is 15.1. The number of anilines is 1. The van der Waals surface area contributed by atoms with Crippen molar-refractivity contribution < 1.29 is 13.6 Å². The average Bonchev–Trinajstić information content (AvgIpc) is 3.31. The molecule has 0 radical (unpaired) electrons. The number of carbonyl (C=O) groups excluding carboxylic acids is 1. The van der Waals surface area contributed by atoms with E-state index in [1.54, 1.807) is 18.3 Å². The predicted octanol–water partition coefficient (Wildman–Crippen LogP) is 4.12. The monoisotopic (exact) mass is 424 g/mol. The highest BCUT2D eigenvalue weighted by Gasteiger charge is 2.41. The Kier molecular flexibility index (Phi) is 5.76. The zero-order valence-corrected chi connectivity index (χ0v) is 17.2. The van der Waals surface area contributed by atoms with Gasteiger partial charge in [-0.05, 0) is 55.5 Å². The van der Waals surface area contributed by atoms with Gasteiger partial charge in [-0.2, -0.15) is 0 Å². The van der Waals surface area contributed by atoms with Crippen LogP contribution in [-0.2, 0) is 4.79 Å². The molecule has 2 aromatic heterocycles. The van der Waals surface area contributed by atoms with Crippen LogP contribution in [0.4, 0.5) is 10.1 Å². The number of hydrogen-bond acceptors (Lipinski definition) is 4. The van der Waals surface area contributed by atoms with Gasteiger partial charge in [0.15, 0.2) is 5.11 Å². The number of para-hydroxylation sites is 1. The Labute approximate surface area is 179 Å². The van der Waals surface area contributed by atoms with Gasteiger partial charge in [-0.1, -0.05) is 18.2 Å². The molecule has 0 unspecified atom stereocenters. The molecule has 1 amide bonds. The number of furan rings is 1. The van der Waals surface area contributed by atoms with Crippen LogP contribution in [0.1, 0.15) is 35.7 Å². The Bertz CT molecular complexity index is 1060. The van der Waals surface area contributed by atoms with Gasteiger partial charge in [-0.25, -0.2) is 4.39 Å². The summed E-state index contributed by atoms with van der Waals surface area (Å²) in [7, 11) is 0. The molecule has 3 heterocycles. The average molecular weight is 425 g/mol. The van der Waals surface area contributed by atoms with Crippen molar-refractivity contribution in [3.05, 3.63) is 83.8 Å². The Hall–Kier alpha value is -3.26. The summed E-state index contributed by atoms with van der Waals surface area (Å²) >= 11 is 5.56. The lowest BCUT2D eigenvalue weighted by molar-refractivity contribution is -0.116. The van der Waals surface area contributed by atoms with Crippen LogP contribution in [-0.4, -0.2) is 27.4 Å². The molecular formula is C22H21FN4O2S. The van der Waals surface area contributed by atoms with Crippen molar-refractivity contribution in [3.63, 3.8) is 0 Å². The first-order valence-electron chi connectivity index (χ1n) is 9.61. The second-order valence-corrected chi connectivity index (χ2v) is 7.43. The summed E-state index contributed by atoms with van der Waals surface area (Å²) in [6.07, 6.45) is 1.87. The number of nitrogens with zero attached hydrogens (tertiary/aromatic N) is 2. The zero-order chi connectivity index (χ0) is 21.1. The molecule has 1 aliphatic heterocycles. The molecule has 1 aromatic carbocycles. The highest BCUT2D eigenvalue weighted by molar-refractivity contribution is 7.80. The highest BCUT2D eigenvalue weighted by Crippen LogP contribution is 2.39. The normalized spacial score (nSPS) is 18.3. The minimum atomic E-state index is -0.469. The quantitative estimate of drug-likeness (QED) is 0.580. The van der Waals surface area contributed by atoms with E-state index in [9.17, 15) is 9.18 Å². The fourth-order valence-electron chi connectivity index (χ4n) is 3.56. The van der Waals surface area contributed by atoms with E-state index in [4.69, 9.17) is 16.6 Å². The third kappa shape index (κ3) is 4.18. The molecule has 0 spiro atoms. The van der Waals surface area contributed by atoms with Crippen LogP contribution < -0.4 is 10.6 Å². The topological polar surface area (TPSA) is 70.4 Å². The molecule has 1 saturated heterocycles. The van der Waals surface area contributed by atoms with Crippen LogP contribution in [0.2, 0.25) is 0 Å². The Morgan fingerprint density at radius 3 is 2.73 bits per heavy atom. The van der Waals surface area contributed by atoms with Crippen LogP contribution in [0.3, 0.4) is 0 Å². The number of carbonyl (C=O) groups is 1. The molecule has 6 nitrogen and oxygen atoms in total. The second kappa shape index (κ2) is 8.62. The number of halogens is 1. The summed E-state index contributed by atoms with van der Waals surface area (Å²) in [6.45, 7) is 2.23. The van der Waals surface area contributed by atoms with Crippen molar-refractivity contribution >= 4 is 28.9 Å². The summed E-state index contributed by atoms with van der Waals surface area (Å²) < 4.78 is 19.7. The maximum atomic E-state index is 13.8. The Morgan fingerprint density at radius 2 is 2.03 bits per heavy atom. The van der Waals surface area contributed by atoms with Gasteiger partial charge in [-0.3, -0.25) is 9.78 Å². The third-order valence-corrected chi connectivity index (χ3v) is 5.33. The summed E-state index contributed by atoms with van der Waals surface area (Å²) in [4.78, 5) is 18.8. The smallest absolute Gasteiger partial charge is 0.226 e. The van der Waals surface area contributed by atoms with Crippen molar-refractivity contribution in [1.29, 1.82) is 0 Å². The fourth-order valence-corrected chi connectivity index (χ4v) is 3.90. The van der Waals surface area contributed by atoms with Gasteiger partial charge in [0.2, 0.25) is 5.91 Å². The van der Waals surface area contributed by atoms with Crippen LogP contribution in [0.15, 0.2) is 65.2 Å². The van der Waals surface area contributed by atoms with Gasteiger partial charge in [0, 0.05) is 19.2 Å². The van der Waals surface area contributed by atoms with Gasteiger partial charge in [0.25, 0.3) is 0 Å². The van der Waals surface area contributed by atoms with E-state index in [-0.39, 0.29) is 30.1 Å². The molecule has 8 heteroatoms. The van der Waals surface area contributed by atoms with Crippen molar-refractivity contribution in [2.75, 3.05) is 11.9 Å². The second-order valence-electron chi connectivity index (χ2n) is 7.05. The lowest BCUT2D eigenvalue weighted by Crippen LogP contribution is -2.32. The fraction of sp³-hybridized carbons (Fsp3) is 0.227. The molecule has 30 heavy (non-hydrogen) atoms.